The molecule has 2 aromatic rings. The molecule has 2 N–H and O–H groups in total. The molecule has 0 fully saturated rings. The molecule has 0 heterocycles. The molecule has 18 heavy (non-hydrogen) atoms. The predicted molar refractivity (Wildman–Crippen MR) is 82.0 cm³/mol. The smallest absolute Gasteiger partial charge is 0.142 e. The number of rotatable bonds is 3. The van der Waals surface area contributed by atoms with Crippen molar-refractivity contribution in [3.05, 3.63) is 55.9 Å². The van der Waals surface area contributed by atoms with Gasteiger partial charge in [0.1, 0.15) is 12.4 Å². The van der Waals surface area contributed by atoms with Crippen LogP contribution in [0.1, 0.15) is 5.56 Å². The maximum atomic E-state index is 6.11. The zero-order valence-electron chi connectivity index (χ0n) is 9.29. The summed E-state index contributed by atoms with van der Waals surface area (Å²) in [6.07, 6.45) is 0. The Morgan fingerprint density at radius 1 is 1.06 bits per heavy atom. The maximum absolute atomic E-state index is 6.11. The molecule has 0 saturated heterocycles. The van der Waals surface area contributed by atoms with E-state index in [9.17, 15) is 0 Å². The van der Waals surface area contributed by atoms with Gasteiger partial charge in [0, 0.05) is 19.5 Å². The van der Waals surface area contributed by atoms with Crippen LogP contribution in [0.5, 0.6) is 5.75 Å². The summed E-state index contributed by atoms with van der Waals surface area (Å²) in [4.78, 5) is 0. The van der Waals surface area contributed by atoms with Crippen molar-refractivity contribution in [1.82, 2.24) is 0 Å². The van der Waals surface area contributed by atoms with Gasteiger partial charge < -0.3 is 10.5 Å². The molecule has 0 aliphatic rings. The van der Waals surface area contributed by atoms with E-state index in [1.165, 1.54) is 0 Å². The van der Waals surface area contributed by atoms with Gasteiger partial charge in [-0.25, -0.2) is 0 Å². The van der Waals surface area contributed by atoms with Crippen molar-refractivity contribution in [3.63, 3.8) is 0 Å². The third-order valence-corrected chi connectivity index (χ3v) is 3.71. The lowest BCUT2D eigenvalue weighted by molar-refractivity contribution is 0.308. The zero-order chi connectivity index (χ0) is 13.1. The Hall–Kier alpha value is -0.710. The highest BCUT2D eigenvalue weighted by Crippen LogP contribution is 2.27. The van der Waals surface area contributed by atoms with Crippen LogP contribution >= 0.6 is 43.5 Å². The molecule has 0 amide bonds. The van der Waals surface area contributed by atoms with Gasteiger partial charge in [0.2, 0.25) is 0 Å². The van der Waals surface area contributed by atoms with Crippen molar-refractivity contribution in [2.75, 3.05) is 5.73 Å². The fourth-order valence-electron chi connectivity index (χ4n) is 1.45. The predicted octanol–water partition coefficient (Wildman–Crippen LogP) is 5.03. The van der Waals surface area contributed by atoms with E-state index in [1.807, 2.05) is 30.3 Å². The summed E-state index contributed by atoms with van der Waals surface area (Å²) in [6, 6.07) is 11.2. The number of hydrogen-bond donors (Lipinski definition) is 1. The minimum Gasteiger partial charge on any atom is -0.487 e. The Morgan fingerprint density at radius 2 is 1.72 bits per heavy atom. The molecule has 0 saturated carbocycles. The number of hydrogen-bond acceptors (Lipinski definition) is 2. The third-order valence-electron chi connectivity index (χ3n) is 2.37. The number of benzene rings is 2. The minimum absolute atomic E-state index is 0.387. The fourth-order valence-corrected chi connectivity index (χ4v) is 2.55. The van der Waals surface area contributed by atoms with Crippen LogP contribution in [-0.2, 0) is 6.61 Å². The summed E-state index contributed by atoms with van der Waals surface area (Å²) in [5.74, 6) is 0.650. The van der Waals surface area contributed by atoms with Crippen LogP contribution in [0.25, 0.3) is 0 Å². The summed E-state index contributed by atoms with van der Waals surface area (Å²) in [6.45, 7) is 0.387. The summed E-state index contributed by atoms with van der Waals surface area (Å²) in [7, 11) is 0. The molecule has 0 aliphatic heterocycles. The first-order chi connectivity index (χ1) is 8.56. The quantitative estimate of drug-likeness (QED) is 0.745. The first-order valence-electron chi connectivity index (χ1n) is 5.18. The molecule has 0 unspecified atom stereocenters. The Balaban J connectivity index is 2.11. The van der Waals surface area contributed by atoms with Gasteiger partial charge in [0.25, 0.3) is 0 Å². The lowest BCUT2D eigenvalue weighted by Crippen LogP contribution is -1.99. The lowest BCUT2D eigenvalue weighted by atomic mass is 10.2. The standard InChI is InChI=1S/C13H10Br2ClNO/c14-9-2-1-8(11(16)5-9)7-18-13-4-3-10(15)6-12(13)17/h1-6H,7,17H2. The lowest BCUT2D eigenvalue weighted by Gasteiger charge is -2.10. The average Bonchev–Trinajstić information content (AvgIpc) is 2.30. The molecule has 94 valence electrons. The van der Waals surface area contributed by atoms with Gasteiger partial charge in [-0.15, -0.1) is 0 Å². The van der Waals surface area contributed by atoms with Crippen LogP contribution in [0.4, 0.5) is 5.69 Å². The Kier molecular flexibility index (Phi) is 4.54. The van der Waals surface area contributed by atoms with Crippen molar-refractivity contribution in [3.8, 4) is 5.75 Å². The normalized spacial score (nSPS) is 10.4. The van der Waals surface area contributed by atoms with Gasteiger partial charge in [0.05, 0.1) is 5.69 Å². The number of nitrogen functional groups attached to an aromatic ring is 1. The van der Waals surface area contributed by atoms with Gasteiger partial charge in [0.15, 0.2) is 0 Å². The van der Waals surface area contributed by atoms with E-state index in [4.69, 9.17) is 22.1 Å². The monoisotopic (exact) mass is 389 g/mol. The Morgan fingerprint density at radius 3 is 2.39 bits per heavy atom. The van der Waals surface area contributed by atoms with Crippen molar-refractivity contribution in [2.45, 2.75) is 6.61 Å². The van der Waals surface area contributed by atoms with Gasteiger partial charge in [-0.3, -0.25) is 0 Å². The summed E-state index contributed by atoms with van der Waals surface area (Å²) in [5.41, 5.74) is 7.37. The van der Waals surface area contributed by atoms with E-state index in [0.29, 0.717) is 23.1 Å². The highest BCUT2D eigenvalue weighted by Gasteiger charge is 2.05. The van der Waals surface area contributed by atoms with Crippen molar-refractivity contribution in [2.24, 2.45) is 0 Å². The van der Waals surface area contributed by atoms with Gasteiger partial charge >= 0.3 is 0 Å². The number of halogens is 3. The summed E-state index contributed by atoms with van der Waals surface area (Å²) in [5, 5.41) is 0.667. The van der Waals surface area contributed by atoms with Gasteiger partial charge in [-0.2, -0.15) is 0 Å². The van der Waals surface area contributed by atoms with E-state index in [1.54, 1.807) is 6.07 Å². The van der Waals surface area contributed by atoms with Crippen molar-refractivity contribution < 1.29 is 4.74 Å². The number of anilines is 1. The van der Waals surface area contributed by atoms with Crippen molar-refractivity contribution in [1.29, 1.82) is 0 Å². The molecule has 0 aliphatic carbocycles. The SMILES string of the molecule is Nc1cc(Br)ccc1OCc1ccc(Br)cc1Cl. The van der Waals surface area contributed by atoms with Gasteiger partial charge in [-0.1, -0.05) is 49.5 Å². The van der Waals surface area contributed by atoms with E-state index in [-0.39, 0.29) is 0 Å². The number of ether oxygens (including phenoxy) is 1. The summed E-state index contributed by atoms with van der Waals surface area (Å²) >= 11 is 12.8. The first kappa shape index (κ1) is 13.7. The van der Waals surface area contributed by atoms with Crippen LogP contribution in [0.2, 0.25) is 5.02 Å². The van der Waals surface area contributed by atoms with E-state index >= 15 is 0 Å². The van der Waals surface area contributed by atoms with E-state index < -0.39 is 0 Å². The highest BCUT2D eigenvalue weighted by molar-refractivity contribution is 9.10. The van der Waals surface area contributed by atoms with Crippen LogP contribution in [-0.4, -0.2) is 0 Å². The fraction of sp³-hybridized carbons (Fsp3) is 0.0769. The van der Waals surface area contributed by atoms with Crippen LogP contribution in [0.3, 0.4) is 0 Å². The zero-order valence-corrected chi connectivity index (χ0v) is 13.2. The molecule has 0 bridgehead atoms. The van der Waals surface area contributed by atoms with Crippen LogP contribution in [0.15, 0.2) is 45.3 Å². The number of nitrogens with two attached hydrogens (primary N) is 1. The Labute approximate surface area is 127 Å². The largest absolute Gasteiger partial charge is 0.487 e. The molecule has 0 aromatic heterocycles. The molecule has 5 heteroatoms. The molecule has 0 radical (unpaired) electrons. The highest BCUT2D eigenvalue weighted by atomic mass is 79.9. The molecule has 2 aromatic carbocycles. The molecule has 2 rings (SSSR count). The second-order valence-corrected chi connectivity index (χ2v) is 5.95. The molecular formula is C13H10Br2ClNO. The second-order valence-electron chi connectivity index (χ2n) is 3.71. The van der Waals surface area contributed by atoms with E-state index in [0.717, 1.165) is 14.5 Å². The van der Waals surface area contributed by atoms with Crippen LogP contribution < -0.4 is 10.5 Å². The topological polar surface area (TPSA) is 35.2 Å². The summed E-state index contributed by atoms with van der Waals surface area (Å²) < 4.78 is 7.52. The second kappa shape index (κ2) is 5.95. The Bertz CT molecular complexity index is 523. The molecule has 0 atom stereocenters. The van der Waals surface area contributed by atoms with E-state index in [2.05, 4.69) is 31.9 Å². The average molecular weight is 391 g/mol. The molecule has 2 nitrogen and oxygen atoms in total. The first-order valence-corrected chi connectivity index (χ1v) is 7.14. The third kappa shape index (κ3) is 3.40. The van der Waals surface area contributed by atoms with Crippen LogP contribution in [0, 0.1) is 0 Å². The molecule has 0 spiro atoms. The molecular weight excluding hydrogens is 381 g/mol. The van der Waals surface area contributed by atoms with Crippen molar-refractivity contribution >= 4 is 49.1 Å². The maximum Gasteiger partial charge on any atom is 0.142 e. The van der Waals surface area contributed by atoms with Gasteiger partial charge in [-0.05, 0) is 30.3 Å². The minimum atomic E-state index is 0.387.